The van der Waals surface area contributed by atoms with E-state index in [1.807, 2.05) is 78.9 Å². The van der Waals surface area contributed by atoms with Gasteiger partial charge in [-0.15, -0.1) is 10.2 Å². The minimum Gasteiger partial charge on any atom is -0.477 e. The van der Waals surface area contributed by atoms with Crippen LogP contribution in [0, 0.1) is 0 Å². The SMILES string of the molecule is CCCCc1nc(CNC(=O)CCNC(=O)C(S)Cc2ccccc2)c(C(=O)O)n1Cc1ccc(-c2ccccc2-c2nn[nH]n2)cc1. The Labute approximate surface area is 283 Å². The van der Waals surface area contributed by atoms with Crippen molar-refractivity contribution in [2.45, 2.75) is 57.4 Å². The van der Waals surface area contributed by atoms with Gasteiger partial charge in [0.25, 0.3) is 0 Å². The molecule has 0 saturated carbocycles. The number of tetrazole rings is 1. The molecule has 248 valence electrons. The van der Waals surface area contributed by atoms with Crippen LogP contribution >= 0.6 is 12.6 Å². The second-order valence-electron chi connectivity index (χ2n) is 11.3. The van der Waals surface area contributed by atoms with Gasteiger partial charge in [0, 0.05) is 31.5 Å². The molecular weight excluding hydrogens is 629 g/mol. The molecule has 1 atom stereocenters. The van der Waals surface area contributed by atoms with Crippen LogP contribution in [0.5, 0.6) is 0 Å². The standard InChI is InChI=1S/C35H38N8O4S/c1-2-3-13-30-38-28(21-37-31(44)18-19-36-34(45)29(48)20-23-9-5-4-6-10-23)32(35(46)47)43(30)22-24-14-16-25(17-15-24)26-11-7-8-12-27(26)33-39-41-42-40-33/h4-12,14-17,29,48H,2-3,13,18-22H2,1H3,(H,36,45)(H,37,44)(H,46,47)(H,39,40,41,42). The third kappa shape index (κ3) is 8.73. The molecule has 0 aliphatic rings. The second kappa shape index (κ2) is 16.5. The molecule has 0 spiro atoms. The van der Waals surface area contributed by atoms with Crippen LogP contribution in [0.1, 0.15) is 59.3 Å². The van der Waals surface area contributed by atoms with Crippen LogP contribution in [0.3, 0.4) is 0 Å². The van der Waals surface area contributed by atoms with E-state index in [-0.39, 0.29) is 42.7 Å². The summed E-state index contributed by atoms with van der Waals surface area (Å²) in [6.45, 7) is 2.45. The first-order valence-electron chi connectivity index (χ1n) is 15.8. The van der Waals surface area contributed by atoms with Crippen molar-refractivity contribution in [3.63, 3.8) is 0 Å². The number of carbonyl (C=O) groups excluding carboxylic acids is 2. The number of carboxylic acid groups (broad SMARTS) is 1. The number of amides is 2. The summed E-state index contributed by atoms with van der Waals surface area (Å²) in [5, 5.41) is 29.6. The molecule has 5 rings (SSSR count). The maximum Gasteiger partial charge on any atom is 0.354 e. The van der Waals surface area contributed by atoms with Crippen molar-refractivity contribution in [3.8, 4) is 22.5 Å². The van der Waals surface area contributed by atoms with Crippen LogP contribution in [0.25, 0.3) is 22.5 Å². The molecule has 2 aromatic heterocycles. The molecule has 2 heterocycles. The number of aromatic nitrogens is 6. The number of hydrogen-bond donors (Lipinski definition) is 5. The third-order valence-corrected chi connectivity index (χ3v) is 8.29. The summed E-state index contributed by atoms with van der Waals surface area (Å²) in [7, 11) is 0. The van der Waals surface area contributed by atoms with Gasteiger partial charge < -0.3 is 20.3 Å². The number of benzene rings is 3. The van der Waals surface area contributed by atoms with Crippen molar-refractivity contribution in [1.29, 1.82) is 0 Å². The Bertz CT molecular complexity index is 1830. The summed E-state index contributed by atoms with van der Waals surface area (Å²) in [5.74, 6) is -0.561. The molecule has 12 nitrogen and oxygen atoms in total. The second-order valence-corrected chi connectivity index (χ2v) is 11.9. The van der Waals surface area contributed by atoms with Crippen molar-refractivity contribution in [2.75, 3.05) is 6.54 Å². The van der Waals surface area contributed by atoms with Gasteiger partial charge in [0.15, 0.2) is 5.69 Å². The van der Waals surface area contributed by atoms with Crippen LogP contribution in [-0.4, -0.2) is 64.9 Å². The first-order valence-corrected chi connectivity index (χ1v) is 16.4. The van der Waals surface area contributed by atoms with E-state index in [9.17, 15) is 19.5 Å². The topological polar surface area (TPSA) is 168 Å². The van der Waals surface area contributed by atoms with Crippen molar-refractivity contribution in [1.82, 2.24) is 40.8 Å². The highest BCUT2D eigenvalue weighted by Gasteiger charge is 2.23. The fourth-order valence-corrected chi connectivity index (χ4v) is 5.71. The number of carboxylic acids is 1. The van der Waals surface area contributed by atoms with Crippen LogP contribution in [-0.2, 0) is 35.5 Å². The Hall–Kier alpha value is -5.30. The van der Waals surface area contributed by atoms with Gasteiger partial charge in [-0.05, 0) is 40.3 Å². The summed E-state index contributed by atoms with van der Waals surface area (Å²) in [4.78, 5) is 42.3. The molecular formula is C35H38N8O4S. The highest BCUT2D eigenvalue weighted by atomic mass is 32.1. The van der Waals surface area contributed by atoms with Gasteiger partial charge in [0.2, 0.25) is 17.6 Å². The Morgan fingerprint density at radius 1 is 0.938 bits per heavy atom. The number of aromatic amines is 1. The van der Waals surface area contributed by atoms with Gasteiger partial charge in [-0.1, -0.05) is 92.2 Å². The number of rotatable bonds is 16. The molecule has 0 bridgehead atoms. The predicted octanol–water partition coefficient (Wildman–Crippen LogP) is 4.48. The van der Waals surface area contributed by atoms with Crippen LogP contribution in [0.15, 0.2) is 78.9 Å². The molecule has 0 radical (unpaired) electrons. The van der Waals surface area contributed by atoms with E-state index in [1.54, 1.807) is 4.57 Å². The maximum absolute atomic E-state index is 12.7. The lowest BCUT2D eigenvalue weighted by molar-refractivity contribution is -0.122. The van der Waals surface area contributed by atoms with E-state index >= 15 is 0 Å². The lowest BCUT2D eigenvalue weighted by Crippen LogP contribution is -2.35. The maximum atomic E-state index is 12.7. The number of nitrogens with one attached hydrogen (secondary N) is 3. The number of aryl methyl sites for hydroxylation is 1. The fraction of sp³-hybridized carbons (Fsp3) is 0.286. The average molecular weight is 667 g/mol. The molecule has 1 unspecified atom stereocenters. The Morgan fingerprint density at radius 2 is 1.67 bits per heavy atom. The lowest BCUT2D eigenvalue weighted by atomic mass is 9.98. The van der Waals surface area contributed by atoms with Crippen molar-refractivity contribution in [2.24, 2.45) is 0 Å². The van der Waals surface area contributed by atoms with E-state index < -0.39 is 11.2 Å². The molecule has 0 aliphatic heterocycles. The molecule has 0 saturated heterocycles. The zero-order valence-electron chi connectivity index (χ0n) is 26.6. The number of thiol groups is 1. The Balaban J connectivity index is 1.24. The number of H-pyrrole nitrogens is 1. The van der Waals surface area contributed by atoms with E-state index in [1.165, 1.54) is 0 Å². The number of unbranched alkanes of at least 4 members (excludes halogenated alkanes) is 1. The predicted molar refractivity (Wildman–Crippen MR) is 184 cm³/mol. The number of carbonyl (C=O) groups is 3. The third-order valence-electron chi connectivity index (χ3n) is 7.87. The van der Waals surface area contributed by atoms with Gasteiger partial charge in [0.1, 0.15) is 5.82 Å². The molecule has 0 aliphatic carbocycles. The molecule has 0 fully saturated rings. The number of nitrogens with zero attached hydrogens (tertiary/aromatic N) is 5. The Morgan fingerprint density at radius 3 is 2.35 bits per heavy atom. The summed E-state index contributed by atoms with van der Waals surface area (Å²) in [5.41, 5.74) is 4.96. The minimum atomic E-state index is -1.12. The average Bonchev–Trinajstić information content (AvgIpc) is 3.76. The first kappa shape index (κ1) is 34.0. The fourth-order valence-electron chi connectivity index (χ4n) is 5.41. The zero-order valence-corrected chi connectivity index (χ0v) is 27.5. The normalized spacial score (nSPS) is 11.6. The molecule has 2 amide bonds. The molecule has 13 heteroatoms. The highest BCUT2D eigenvalue weighted by Crippen LogP contribution is 2.30. The van der Waals surface area contributed by atoms with Gasteiger partial charge in [0.05, 0.1) is 17.5 Å². The lowest BCUT2D eigenvalue weighted by Gasteiger charge is -2.12. The molecule has 4 N–H and O–H groups in total. The quantitative estimate of drug-likeness (QED) is 0.0961. The van der Waals surface area contributed by atoms with Crippen molar-refractivity contribution in [3.05, 3.63) is 107 Å². The van der Waals surface area contributed by atoms with Gasteiger partial charge in [-0.2, -0.15) is 17.8 Å². The number of imidazole rings is 1. The Kier molecular flexibility index (Phi) is 11.7. The largest absolute Gasteiger partial charge is 0.477 e. The summed E-state index contributed by atoms with van der Waals surface area (Å²) in [6.07, 6.45) is 2.86. The smallest absolute Gasteiger partial charge is 0.354 e. The summed E-state index contributed by atoms with van der Waals surface area (Å²) >= 11 is 4.40. The van der Waals surface area contributed by atoms with Crippen LogP contribution < -0.4 is 10.6 Å². The highest BCUT2D eigenvalue weighted by molar-refractivity contribution is 7.81. The van der Waals surface area contributed by atoms with Gasteiger partial charge in [-0.25, -0.2) is 9.78 Å². The number of hydrogen-bond acceptors (Lipinski definition) is 8. The minimum absolute atomic E-state index is 0.0333. The zero-order chi connectivity index (χ0) is 33.9. The monoisotopic (exact) mass is 666 g/mol. The van der Waals surface area contributed by atoms with E-state index in [4.69, 9.17) is 0 Å². The molecule has 48 heavy (non-hydrogen) atoms. The van der Waals surface area contributed by atoms with E-state index in [0.717, 1.165) is 40.7 Å². The van der Waals surface area contributed by atoms with Crippen molar-refractivity contribution < 1.29 is 19.5 Å². The van der Waals surface area contributed by atoms with E-state index in [2.05, 4.69) is 55.8 Å². The van der Waals surface area contributed by atoms with Crippen molar-refractivity contribution >= 4 is 30.4 Å². The van der Waals surface area contributed by atoms with E-state index in [0.29, 0.717) is 31.0 Å². The van der Waals surface area contributed by atoms with Crippen LogP contribution in [0.4, 0.5) is 0 Å². The molecule has 5 aromatic rings. The number of aromatic carboxylic acids is 1. The molecule has 3 aromatic carbocycles. The first-order chi connectivity index (χ1) is 23.3. The summed E-state index contributed by atoms with van der Waals surface area (Å²) < 4.78 is 1.72. The van der Waals surface area contributed by atoms with Crippen LogP contribution in [0.2, 0.25) is 0 Å². The summed E-state index contributed by atoms with van der Waals surface area (Å²) in [6, 6.07) is 25.2. The van der Waals surface area contributed by atoms with Gasteiger partial charge >= 0.3 is 5.97 Å². The van der Waals surface area contributed by atoms with Gasteiger partial charge in [-0.3, -0.25) is 9.59 Å².